The Balaban J connectivity index is 2.32. The van der Waals surface area contributed by atoms with Gasteiger partial charge in [0.15, 0.2) is 0 Å². The highest BCUT2D eigenvalue weighted by Gasteiger charge is 2.47. The van der Waals surface area contributed by atoms with Gasteiger partial charge in [-0.1, -0.05) is 19.1 Å². The second kappa shape index (κ2) is 2.45. The molecule has 2 aliphatic rings. The highest BCUT2D eigenvalue weighted by atomic mass is 16.1. The first-order valence-corrected chi connectivity index (χ1v) is 4.84. The van der Waals surface area contributed by atoms with E-state index in [2.05, 4.69) is 13.5 Å². The first-order valence-electron chi connectivity index (χ1n) is 4.84. The van der Waals surface area contributed by atoms with Gasteiger partial charge in [-0.05, 0) is 31.1 Å². The van der Waals surface area contributed by atoms with Crippen molar-refractivity contribution in [3.63, 3.8) is 0 Å². The fourth-order valence-corrected chi connectivity index (χ4v) is 2.94. The molecule has 12 heavy (non-hydrogen) atoms. The van der Waals surface area contributed by atoms with Gasteiger partial charge in [-0.25, -0.2) is 0 Å². The second-order valence-corrected chi connectivity index (χ2v) is 4.57. The van der Waals surface area contributed by atoms with Gasteiger partial charge in [0.05, 0.1) is 0 Å². The smallest absolute Gasteiger partial charge is 0.140 e. The molecule has 2 atom stereocenters. The lowest BCUT2D eigenvalue weighted by molar-refractivity contribution is -0.121. The molecule has 0 aromatic rings. The van der Waals surface area contributed by atoms with Gasteiger partial charge in [-0.2, -0.15) is 0 Å². The van der Waals surface area contributed by atoms with E-state index in [1.807, 2.05) is 0 Å². The van der Waals surface area contributed by atoms with E-state index < -0.39 is 0 Å². The normalized spacial score (nSPS) is 41.6. The quantitative estimate of drug-likeness (QED) is 0.503. The van der Waals surface area contributed by atoms with Gasteiger partial charge in [-0.15, -0.1) is 0 Å². The summed E-state index contributed by atoms with van der Waals surface area (Å²) < 4.78 is 0. The van der Waals surface area contributed by atoms with Gasteiger partial charge in [0.1, 0.15) is 5.78 Å². The van der Waals surface area contributed by atoms with Crippen LogP contribution < -0.4 is 0 Å². The molecule has 0 aromatic heterocycles. The molecule has 2 fully saturated rings. The van der Waals surface area contributed by atoms with Crippen LogP contribution in [0.5, 0.6) is 0 Å². The fraction of sp³-hybridized carbons (Fsp3) is 0.727. The molecule has 0 saturated heterocycles. The maximum Gasteiger partial charge on any atom is 0.140 e. The number of hydrogen-bond donors (Lipinski definition) is 0. The number of carbonyl (C=O) groups excluding carboxylic acids is 1. The van der Waals surface area contributed by atoms with E-state index in [0.717, 1.165) is 19.3 Å². The first kappa shape index (κ1) is 8.03. The van der Waals surface area contributed by atoms with Gasteiger partial charge in [-0.3, -0.25) is 4.79 Å². The van der Waals surface area contributed by atoms with Crippen molar-refractivity contribution in [2.24, 2.45) is 11.3 Å². The number of hydrogen-bond acceptors (Lipinski definition) is 1. The summed E-state index contributed by atoms with van der Waals surface area (Å²) in [5, 5.41) is 0. The molecule has 0 aliphatic heterocycles. The molecule has 0 spiro atoms. The summed E-state index contributed by atoms with van der Waals surface area (Å²) in [5.41, 5.74) is 1.48. The Kier molecular flexibility index (Phi) is 1.64. The molecule has 0 bridgehead atoms. The molecule has 1 nitrogen and oxygen atoms in total. The van der Waals surface area contributed by atoms with Crippen LogP contribution in [0.1, 0.15) is 39.0 Å². The van der Waals surface area contributed by atoms with Crippen LogP contribution >= 0.6 is 0 Å². The Hall–Kier alpha value is -0.590. The molecular weight excluding hydrogens is 148 g/mol. The van der Waals surface area contributed by atoms with E-state index >= 15 is 0 Å². The predicted molar refractivity (Wildman–Crippen MR) is 48.8 cm³/mol. The zero-order valence-electron chi connectivity index (χ0n) is 7.73. The lowest BCUT2D eigenvalue weighted by Gasteiger charge is -2.36. The first-order chi connectivity index (χ1) is 5.63. The average molecular weight is 164 g/mol. The third-order valence-electron chi connectivity index (χ3n) is 3.62. The summed E-state index contributed by atoms with van der Waals surface area (Å²) in [7, 11) is 0. The lowest BCUT2D eigenvalue weighted by atomic mass is 9.67. The number of fused-ring (bicyclic) bond motifs is 1. The van der Waals surface area contributed by atoms with Crippen molar-refractivity contribution in [1.29, 1.82) is 0 Å². The van der Waals surface area contributed by atoms with E-state index in [0.29, 0.717) is 5.78 Å². The SMILES string of the molecule is C=C1CCC[C@]2(C)CCC(=O)[C@H]12. The standard InChI is InChI=1S/C11H16O/c1-8-4-3-6-11(2)7-5-9(12)10(8)11/h10H,1,3-7H2,2H3/t10-,11+/m0/s1. The molecule has 0 amide bonds. The van der Waals surface area contributed by atoms with Crippen molar-refractivity contribution in [2.45, 2.75) is 39.0 Å². The van der Waals surface area contributed by atoms with Crippen LogP contribution in [0.2, 0.25) is 0 Å². The molecule has 0 N–H and O–H groups in total. The minimum Gasteiger partial charge on any atom is -0.299 e. The maximum atomic E-state index is 11.6. The van der Waals surface area contributed by atoms with Crippen molar-refractivity contribution in [2.75, 3.05) is 0 Å². The van der Waals surface area contributed by atoms with Crippen molar-refractivity contribution in [1.82, 2.24) is 0 Å². The van der Waals surface area contributed by atoms with E-state index in [1.165, 1.54) is 18.4 Å². The monoisotopic (exact) mass is 164 g/mol. The number of allylic oxidation sites excluding steroid dienone is 1. The summed E-state index contributed by atoms with van der Waals surface area (Å²) in [6.45, 7) is 6.29. The Morgan fingerprint density at radius 2 is 2.17 bits per heavy atom. The van der Waals surface area contributed by atoms with E-state index in [-0.39, 0.29) is 11.3 Å². The Morgan fingerprint density at radius 3 is 2.83 bits per heavy atom. The van der Waals surface area contributed by atoms with Crippen LogP contribution in [0.3, 0.4) is 0 Å². The van der Waals surface area contributed by atoms with Crippen LogP contribution in [-0.4, -0.2) is 5.78 Å². The molecule has 2 aliphatic carbocycles. The van der Waals surface area contributed by atoms with Crippen LogP contribution in [0.25, 0.3) is 0 Å². The largest absolute Gasteiger partial charge is 0.299 e. The molecule has 0 radical (unpaired) electrons. The third kappa shape index (κ3) is 0.954. The molecule has 0 aromatic carbocycles. The minimum absolute atomic E-state index is 0.214. The van der Waals surface area contributed by atoms with Gasteiger partial charge >= 0.3 is 0 Å². The Bertz CT molecular complexity index is 241. The summed E-state index contributed by atoms with van der Waals surface area (Å²) in [6, 6.07) is 0. The van der Waals surface area contributed by atoms with Crippen molar-refractivity contribution in [3.05, 3.63) is 12.2 Å². The molecule has 66 valence electrons. The van der Waals surface area contributed by atoms with E-state index in [4.69, 9.17) is 0 Å². The van der Waals surface area contributed by atoms with Crippen molar-refractivity contribution < 1.29 is 4.79 Å². The van der Waals surface area contributed by atoms with Gasteiger partial charge in [0.25, 0.3) is 0 Å². The topological polar surface area (TPSA) is 17.1 Å². The molecule has 0 unspecified atom stereocenters. The maximum absolute atomic E-state index is 11.6. The molecular formula is C11H16O. The van der Waals surface area contributed by atoms with E-state index in [9.17, 15) is 4.79 Å². The number of rotatable bonds is 0. The van der Waals surface area contributed by atoms with Crippen LogP contribution in [0.4, 0.5) is 0 Å². The lowest BCUT2D eigenvalue weighted by Crippen LogP contribution is -2.30. The molecule has 0 heterocycles. The van der Waals surface area contributed by atoms with Gasteiger partial charge in [0.2, 0.25) is 0 Å². The molecule has 2 rings (SSSR count). The summed E-state index contributed by atoms with van der Waals surface area (Å²) in [6.07, 6.45) is 5.42. The second-order valence-electron chi connectivity index (χ2n) is 4.57. The average Bonchev–Trinajstić information content (AvgIpc) is 2.29. The summed E-state index contributed by atoms with van der Waals surface area (Å²) in [5.74, 6) is 0.661. The highest BCUT2D eigenvalue weighted by molar-refractivity contribution is 5.87. The molecule has 1 heteroatoms. The number of ketones is 1. The number of Topliss-reactive ketones (excluding diaryl/α,β-unsaturated/α-hetero) is 1. The Morgan fingerprint density at radius 1 is 1.42 bits per heavy atom. The number of carbonyl (C=O) groups is 1. The minimum atomic E-state index is 0.214. The van der Waals surface area contributed by atoms with Gasteiger partial charge < -0.3 is 0 Å². The van der Waals surface area contributed by atoms with E-state index in [1.54, 1.807) is 0 Å². The summed E-state index contributed by atoms with van der Waals surface area (Å²) in [4.78, 5) is 11.6. The zero-order valence-corrected chi connectivity index (χ0v) is 7.73. The fourth-order valence-electron chi connectivity index (χ4n) is 2.94. The highest BCUT2D eigenvalue weighted by Crippen LogP contribution is 2.51. The molecule has 2 saturated carbocycles. The van der Waals surface area contributed by atoms with Crippen LogP contribution in [-0.2, 0) is 4.79 Å². The van der Waals surface area contributed by atoms with Crippen LogP contribution in [0.15, 0.2) is 12.2 Å². The van der Waals surface area contributed by atoms with Crippen molar-refractivity contribution in [3.8, 4) is 0 Å². The zero-order chi connectivity index (χ0) is 8.77. The van der Waals surface area contributed by atoms with Crippen LogP contribution in [0, 0.1) is 11.3 Å². The third-order valence-corrected chi connectivity index (χ3v) is 3.62. The predicted octanol–water partition coefficient (Wildman–Crippen LogP) is 2.71. The van der Waals surface area contributed by atoms with Crippen molar-refractivity contribution >= 4 is 5.78 Å². The Labute approximate surface area is 73.8 Å². The van der Waals surface area contributed by atoms with Gasteiger partial charge in [0, 0.05) is 12.3 Å². The summed E-state index contributed by atoms with van der Waals surface area (Å²) >= 11 is 0.